The Morgan fingerprint density at radius 3 is 2.42 bits per heavy atom. The first-order valence-electron chi connectivity index (χ1n) is 10.3. The number of carbonyl (C=O) groups is 1. The van der Waals surface area contributed by atoms with E-state index in [1.54, 1.807) is 23.7 Å². The zero-order valence-electron chi connectivity index (χ0n) is 17.6. The minimum Gasteiger partial charge on any atom is -0.381 e. The Morgan fingerprint density at radius 1 is 1.13 bits per heavy atom. The number of hydrogen-bond donors (Lipinski definition) is 1. The maximum absolute atomic E-state index is 13.5. The first-order valence-corrected chi connectivity index (χ1v) is 10.7. The van der Waals surface area contributed by atoms with E-state index in [1.165, 1.54) is 17.7 Å². The van der Waals surface area contributed by atoms with Crippen LogP contribution < -0.4 is 5.32 Å². The molecule has 2 heterocycles. The molecule has 4 rings (SSSR count). The van der Waals surface area contributed by atoms with E-state index in [-0.39, 0.29) is 11.7 Å². The lowest BCUT2D eigenvalue weighted by atomic mass is 9.82. The van der Waals surface area contributed by atoms with Gasteiger partial charge in [0, 0.05) is 13.2 Å². The van der Waals surface area contributed by atoms with Gasteiger partial charge >= 0.3 is 0 Å². The molecule has 0 bridgehead atoms. The standard InChI is InChI=1S/C24H25ClFN3O2/c1-16-3-5-18(6-4-16)15-29-22(25)21(17(2)28-29)23(30)27-24(11-13-31-14-12-24)19-7-9-20(26)10-8-19/h3-10H,11-15H2,1-2H3,(H,27,30). The van der Waals surface area contributed by atoms with Crippen LogP contribution in [0.4, 0.5) is 4.39 Å². The molecule has 0 aliphatic carbocycles. The van der Waals surface area contributed by atoms with Crippen LogP contribution in [0.25, 0.3) is 0 Å². The number of benzene rings is 2. The van der Waals surface area contributed by atoms with Crippen molar-refractivity contribution in [2.24, 2.45) is 0 Å². The van der Waals surface area contributed by atoms with Gasteiger partial charge in [-0.25, -0.2) is 9.07 Å². The van der Waals surface area contributed by atoms with Gasteiger partial charge in [-0.2, -0.15) is 5.10 Å². The van der Waals surface area contributed by atoms with Crippen LogP contribution in [0.5, 0.6) is 0 Å². The Hall–Kier alpha value is -2.70. The number of amides is 1. The quantitative estimate of drug-likeness (QED) is 0.620. The maximum atomic E-state index is 13.5. The van der Waals surface area contributed by atoms with Crippen molar-refractivity contribution in [1.82, 2.24) is 15.1 Å². The lowest BCUT2D eigenvalue weighted by Crippen LogP contribution is -2.49. The Labute approximate surface area is 186 Å². The molecule has 0 spiro atoms. The number of halogens is 2. The minimum absolute atomic E-state index is 0.288. The lowest BCUT2D eigenvalue weighted by Gasteiger charge is -2.38. The van der Waals surface area contributed by atoms with Gasteiger partial charge in [-0.05, 0) is 49.9 Å². The SMILES string of the molecule is Cc1ccc(Cn2nc(C)c(C(=O)NC3(c4ccc(F)cc4)CCOCC3)c2Cl)cc1. The molecule has 1 fully saturated rings. The van der Waals surface area contributed by atoms with Crippen molar-refractivity contribution in [3.8, 4) is 0 Å². The molecule has 5 nitrogen and oxygen atoms in total. The van der Waals surface area contributed by atoms with Gasteiger partial charge < -0.3 is 10.1 Å². The number of ether oxygens (including phenoxy) is 1. The predicted molar refractivity (Wildman–Crippen MR) is 118 cm³/mol. The molecule has 2 aromatic carbocycles. The molecule has 3 aromatic rings. The number of nitrogens with zero attached hydrogens (tertiary/aromatic N) is 2. The molecule has 7 heteroatoms. The highest BCUT2D eigenvalue weighted by molar-refractivity contribution is 6.33. The number of hydrogen-bond acceptors (Lipinski definition) is 3. The van der Waals surface area contributed by atoms with Gasteiger partial charge in [-0.3, -0.25) is 4.79 Å². The van der Waals surface area contributed by atoms with Crippen molar-refractivity contribution in [2.75, 3.05) is 13.2 Å². The van der Waals surface area contributed by atoms with E-state index < -0.39 is 5.54 Å². The van der Waals surface area contributed by atoms with Gasteiger partial charge in [0.05, 0.1) is 23.3 Å². The van der Waals surface area contributed by atoms with Crippen LogP contribution in [0.1, 0.15) is 45.6 Å². The van der Waals surface area contributed by atoms with Gasteiger partial charge in [0.15, 0.2) is 0 Å². The van der Waals surface area contributed by atoms with E-state index in [1.807, 2.05) is 31.2 Å². The zero-order valence-corrected chi connectivity index (χ0v) is 18.4. The summed E-state index contributed by atoms with van der Waals surface area (Å²) in [7, 11) is 0. The molecule has 1 aliphatic rings. The molecule has 0 saturated carbocycles. The Balaban J connectivity index is 1.61. The Bertz CT molecular complexity index is 1070. The minimum atomic E-state index is -0.641. The number of rotatable bonds is 5. The molecule has 1 aromatic heterocycles. The summed E-state index contributed by atoms with van der Waals surface area (Å²) in [6, 6.07) is 14.4. The first kappa shape index (κ1) is 21.5. The van der Waals surface area contributed by atoms with Gasteiger partial charge in [-0.1, -0.05) is 53.6 Å². The third-order valence-corrected chi connectivity index (χ3v) is 6.23. The summed E-state index contributed by atoms with van der Waals surface area (Å²) < 4.78 is 20.6. The normalized spacial score (nSPS) is 15.6. The second-order valence-electron chi connectivity index (χ2n) is 8.05. The molecule has 31 heavy (non-hydrogen) atoms. The summed E-state index contributed by atoms with van der Waals surface area (Å²) >= 11 is 6.60. The molecule has 0 radical (unpaired) electrons. The lowest BCUT2D eigenvalue weighted by molar-refractivity contribution is 0.0345. The van der Waals surface area contributed by atoms with Crippen molar-refractivity contribution in [1.29, 1.82) is 0 Å². The molecule has 1 amide bonds. The average molecular weight is 442 g/mol. The summed E-state index contributed by atoms with van der Waals surface area (Å²) in [5.74, 6) is -0.600. The summed E-state index contributed by atoms with van der Waals surface area (Å²) in [6.07, 6.45) is 1.19. The van der Waals surface area contributed by atoms with Crippen molar-refractivity contribution < 1.29 is 13.9 Å². The molecule has 0 unspecified atom stereocenters. The van der Waals surface area contributed by atoms with Crippen LogP contribution in [0.2, 0.25) is 5.15 Å². The van der Waals surface area contributed by atoms with Crippen LogP contribution in [-0.2, 0) is 16.8 Å². The summed E-state index contributed by atoms with van der Waals surface area (Å²) in [5.41, 5.74) is 3.37. The fourth-order valence-corrected chi connectivity index (χ4v) is 4.36. The van der Waals surface area contributed by atoms with Gasteiger partial charge in [0.1, 0.15) is 11.0 Å². The predicted octanol–water partition coefficient (Wildman–Crippen LogP) is 4.78. The van der Waals surface area contributed by atoms with Crippen LogP contribution in [0.15, 0.2) is 48.5 Å². The molecule has 1 aliphatic heterocycles. The third kappa shape index (κ3) is 4.50. The highest BCUT2D eigenvalue weighted by Crippen LogP contribution is 2.33. The topological polar surface area (TPSA) is 56.2 Å². The molecular formula is C24H25ClFN3O2. The Kier molecular flexibility index (Phi) is 6.12. The molecule has 1 N–H and O–H groups in total. The number of nitrogens with one attached hydrogen (secondary N) is 1. The van der Waals surface area contributed by atoms with Crippen LogP contribution in [0.3, 0.4) is 0 Å². The number of carbonyl (C=O) groups excluding carboxylic acids is 1. The largest absolute Gasteiger partial charge is 0.381 e. The molecular weight excluding hydrogens is 417 g/mol. The highest BCUT2D eigenvalue weighted by Gasteiger charge is 2.37. The molecule has 0 atom stereocenters. The van der Waals surface area contributed by atoms with E-state index in [9.17, 15) is 9.18 Å². The van der Waals surface area contributed by atoms with E-state index in [2.05, 4.69) is 10.4 Å². The molecule has 162 valence electrons. The van der Waals surface area contributed by atoms with E-state index in [0.717, 1.165) is 11.1 Å². The first-order chi connectivity index (χ1) is 14.9. The summed E-state index contributed by atoms with van der Waals surface area (Å²) in [4.78, 5) is 13.3. The second kappa shape index (κ2) is 8.81. The number of aromatic nitrogens is 2. The average Bonchev–Trinajstić information content (AvgIpc) is 3.03. The van der Waals surface area contributed by atoms with Gasteiger partial charge in [0.25, 0.3) is 5.91 Å². The molecule has 1 saturated heterocycles. The van der Waals surface area contributed by atoms with Crippen molar-refractivity contribution in [3.63, 3.8) is 0 Å². The fraction of sp³-hybridized carbons (Fsp3) is 0.333. The van der Waals surface area contributed by atoms with Gasteiger partial charge in [-0.15, -0.1) is 0 Å². The van der Waals surface area contributed by atoms with Crippen molar-refractivity contribution >= 4 is 17.5 Å². The third-order valence-electron chi connectivity index (χ3n) is 5.84. The van der Waals surface area contributed by atoms with E-state index in [4.69, 9.17) is 16.3 Å². The van der Waals surface area contributed by atoms with Crippen LogP contribution in [0, 0.1) is 19.7 Å². The highest BCUT2D eigenvalue weighted by atomic mass is 35.5. The van der Waals surface area contributed by atoms with Crippen molar-refractivity contribution in [3.05, 3.63) is 87.4 Å². The zero-order chi connectivity index (χ0) is 22.0. The maximum Gasteiger partial charge on any atom is 0.257 e. The summed E-state index contributed by atoms with van der Waals surface area (Å²) in [6.45, 7) is 5.31. The Morgan fingerprint density at radius 2 is 1.77 bits per heavy atom. The van der Waals surface area contributed by atoms with E-state index >= 15 is 0 Å². The van der Waals surface area contributed by atoms with Crippen LogP contribution >= 0.6 is 11.6 Å². The fourth-order valence-electron chi connectivity index (χ4n) is 4.04. The van der Waals surface area contributed by atoms with Crippen LogP contribution in [-0.4, -0.2) is 28.9 Å². The van der Waals surface area contributed by atoms with E-state index in [0.29, 0.717) is 49.0 Å². The van der Waals surface area contributed by atoms with Gasteiger partial charge in [0.2, 0.25) is 0 Å². The second-order valence-corrected chi connectivity index (χ2v) is 8.41. The monoisotopic (exact) mass is 441 g/mol. The number of aryl methyl sites for hydroxylation is 2. The summed E-state index contributed by atoms with van der Waals surface area (Å²) in [5, 5.41) is 7.97. The van der Waals surface area contributed by atoms with Crippen molar-refractivity contribution in [2.45, 2.75) is 38.8 Å². The smallest absolute Gasteiger partial charge is 0.257 e.